The number of phenolic OH excluding ortho intramolecular Hbond substituents is 1. The quantitative estimate of drug-likeness (QED) is 0.847. The van der Waals surface area contributed by atoms with Crippen LogP contribution in [0.2, 0.25) is 5.15 Å². The second kappa shape index (κ2) is 5.71. The highest BCUT2D eigenvalue weighted by Crippen LogP contribution is 2.19. The molecule has 2 N–H and O–H groups in total. The number of nitrogens with zero attached hydrogens (tertiary/aromatic N) is 1. The Hall–Kier alpha value is -2.07. The summed E-state index contributed by atoms with van der Waals surface area (Å²) in [4.78, 5) is 15.9. The van der Waals surface area contributed by atoms with Crippen LogP contribution in [0, 0.1) is 6.92 Å². The maximum Gasteiger partial charge on any atom is 0.228 e. The van der Waals surface area contributed by atoms with Crippen LogP contribution in [0.25, 0.3) is 0 Å². The lowest BCUT2D eigenvalue weighted by Crippen LogP contribution is -2.15. The van der Waals surface area contributed by atoms with E-state index < -0.39 is 0 Å². The summed E-state index contributed by atoms with van der Waals surface area (Å²) in [6.45, 7) is 1.77. The SMILES string of the molecule is Cc1nc(Cl)ccc1NC(=O)Cc1ccccc1O. The van der Waals surface area contributed by atoms with Crippen molar-refractivity contribution in [1.82, 2.24) is 4.98 Å². The molecule has 5 heteroatoms. The molecule has 0 saturated carbocycles. The van der Waals surface area contributed by atoms with E-state index in [0.29, 0.717) is 22.1 Å². The van der Waals surface area contributed by atoms with Crippen molar-refractivity contribution in [2.75, 3.05) is 5.32 Å². The topological polar surface area (TPSA) is 62.2 Å². The number of nitrogens with one attached hydrogen (secondary N) is 1. The van der Waals surface area contributed by atoms with E-state index in [1.807, 2.05) is 0 Å². The number of amides is 1. The number of aromatic nitrogens is 1. The first-order valence-electron chi connectivity index (χ1n) is 5.76. The van der Waals surface area contributed by atoms with E-state index in [1.165, 1.54) is 0 Å². The highest BCUT2D eigenvalue weighted by molar-refractivity contribution is 6.29. The third-order valence-corrected chi connectivity index (χ3v) is 2.88. The van der Waals surface area contributed by atoms with Crippen molar-refractivity contribution in [2.24, 2.45) is 0 Å². The number of hydrogen-bond acceptors (Lipinski definition) is 3. The molecule has 0 bridgehead atoms. The van der Waals surface area contributed by atoms with Crippen LogP contribution < -0.4 is 5.32 Å². The van der Waals surface area contributed by atoms with Gasteiger partial charge in [0.2, 0.25) is 5.91 Å². The van der Waals surface area contributed by atoms with Crippen LogP contribution in [-0.4, -0.2) is 16.0 Å². The van der Waals surface area contributed by atoms with Gasteiger partial charge in [-0.2, -0.15) is 0 Å². The first-order valence-corrected chi connectivity index (χ1v) is 6.14. The summed E-state index contributed by atoms with van der Waals surface area (Å²) in [6, 6.07) is 10.1. The fourth-order valence-electron chi connectivity index (χ4n) is 1.69. The van der Waals surface area contributed by atoms with E-state index in [-0.39, 0.29) is 18.1 Å². The van der Waals surface area contributed by atoms with Gasteiger partial charge in [0, 0.05) is 5.56 Å². The summed E-state index contributed by atoms with van der Waals surface area (Å²) in [6.07, 6.45) is 0.106. The number of rotatable bonds is 3. The van der Waals surface area contributed by atoms with Gasteiger partial charge in [-0.1, -0.05) is 29.8 Å². The Kier molecular flexibility index (Phi) is 4.02. The zero-order chi connectivity index (χ0) is 13.8. The second-order valence-corrected chi connectivity index (χ2v) is 4.51. The summed E-state index contributed by atoms with van der Waals surface area (Å²) in [5.41, 5.74) is 1.85. The molecule has 1 heterocycles. The van der Waals surface area contributed by atoms with Crippen LogP contribution in [-0.2, 0) is 11.2 Å². The van der Waals surface area contributed by atoms with Crippen molar-refractivity contribution >= 4 is 23.2 Å². The van der Waals surface area contributed by atoms with Crippen molar-refractivity contribution in [3.8, 4) is 5.75 Å². The van der Waals surface area contributed by atoms with Crippen LogP contribution in [0.3, 0.4) is 0 Å². The lowest BCUT2D eigenvalue weighted by molar-refractivity contribution is -0.115. The molecule has 2 rings (SSSR count). The lowest BCUT2D eigenvalue weighted by Gasteiger charge is -2.08. The number of para-hydroxylation sites is 1. The van der Waals surface area contributed by atoms with Gasteiger partial charge in [-0.05, 0) is 25.1 Å². The molecule has 98 valence electrons. The van der Waals surface area contributed by atoms with Crippen LogP contribution in [0.5, 0.6) is 5.75 Å². The van der Waals surface area contributed by atoms with Crippen molar-refractivity contribution in [2.45, 2.75) is 13.3 Å². The Bertz CT molecular complexity index is 614. The van der Waals surface area contributed by atoms with Gasteiger partial charge in [-0.3, -0.25) is 4.79 Å². The molecule has 1 amide bonds. The molecule has 0 aliphatic rings. The van der Waals surface area contributed by atoms with Gasteiger partial charge in [0.1, 0.15) is 10.9 Å². The minimum Gasteiger partial charge on any atom is -0.508 e. The van der Waals surface area contributed by atoms with Crippen molar-refractivity contribution < 1.29 is 9.90 Å². The molecule has 0 unspecified atom stereocenters. The Morgan fingerprint density at radius 1 is 1.32 bits per heavy atom. The minimum atomic E-state index is -0.214. The number of benzene rings is 1. The third kappa shape index (κ3) is 3.45. The Morgan fingerprint density at radius 3 is 2.74 bits per heavy atom. The van der Waals surface area contributed by atoms with E-state index in [4.69, 9.17) is 11.6 Å². The smallest absolute Gasteiger partial charge is 0.228 e. The number of carbonyl (C=O) groups excluding carboxylic acids is 1. The number of aryl methyl sites for hydroxylation is 1. The molecule has 0 aliphatic carbocycles. The van der Waals surface area contributed by atoms with Gasteiger partial charge in [0.05, 0.1) is 17.8 Å². The average molecular weight is 277 g/mol. The van der Waals surface area contributed by atoms with Crippen LogP contribution in [0.15, 0.2) is 36.4 Å². The van der Waals surface area contributed by atoms with Crippen LogP contribution in [0.4, 0.5) is 5.69 Å². The average Bonchev–Trinajstić information content (AvgIpc) is 2.36. The van der Waals surface area contributed by atoms with Gasteiger partial charge in [-0.15, -0.1) is 0 Å². The van der Waals surface area contributed by atoms with E-state index in [2.05, 4.69) is 10.3 Å². The molecule has 0 saturated heterocycles. The maximum absolute atomic E-state index is 11.9. The molecular weight excluding hydrogens is 264 g/mol. The molecule has 1 aromatic heterocycles. The number of hydrogen-bond donors (Lipinski definition) is 2. The zero-order valence-corrected chi connectivity index (χ0v) is 11.1. The fourth-order valence-corrected chi connectivity index (χ4v) is 1.88. The predicted octanol–water partition coefficient (Wildman–Crippen LogP) is 2.93. The van der Waals surface area contributed by atoms with Crippen LogP contribution in [0.1, 0.15) is 11.3 Å². The van der Waals surface area contributed by atoms with E-state index in [0.717, 1.165) is 0 Å². The first kappa shape index (κ1) is 13.4. The van der Waals surface area contributed by atoms with E-state index >= 15 is 0 Å². The lowest BCUT2D eigenvalue weighted by atomic mass is 10.1. The molecule has 0 aliphatic heterocycles. The van der Waals surface area contributed by atoms with Gasteiger partial charge < -0.3 is 10.4 Å². The van der Waals surface area contributed by atoms with Gasteiger partial charge in [-0.25, -0.2) is 4.98 Å². The molecule has 0 fully saturated rings. The summed E-state index contributed by atoms with van der Waals surface area (Å²) in [7, 11) is 0. The van der Waals surface area contributed by atoms with Crippen molar-refractivity contribution in [3.05, 3.63) is 52.8 Å². The summed E-state index contributed by atoms with van der Waals surface area (Å²) < 4.78 is 0. The van der Waals surface area contributed by atoms with Crippen LogP contribution >= 0.6 is 11.6 Å². The molecular formula is C14H13ClN2O2. The molecule has 0 radical (unpaired) electrons. The Balaban J connectivity index is 2.08. The number of pyridine rings is 1. The Labute approximate surface area is 116 Å². The van der Waals surface area contributed by atoms with Gasteiger partial charge in [0.25, 0.3) is 0 Å². The molecule has 2 aromatic rings. The second-order valence-electron chi connectivity index (χ2n) is 4.12. The molecule has 4 nitrogen and oxygen atoms in total. The van der Waals surface area contributed by atoms with Crippen molar-refractivity contribution in [1.29, 1.82) is 0 Å². The molecule has 0 atom stereocenters. The number of aromatic hydroxyl groups is 1. The third-order valence-electron chi connectivity index (χ3n) is 2.67. The highest BCUT2D eigenvalue weighted by atomic mass is 35.5. The molecule has 19 heavy (non-hydrogen) atoms. The standard InChI is InChI=1S/C14H13ClN2O2/c1-9-11(6-7-13(15)16-9)17-14(19)8-10-4-2-3-5-12(10)18/h2-7,18H,8H2,1H3,(H,17,19). The normalized spacial score (nSPS) is 10.2. The summed E-state index contributed by atoms with van der Waals surface area (Å²) in [5.74, 6) is -0.0997. The fraction of sp³-hybridized carbons (Fsp3) is 0.143. The zero-order valence-electron chi connectivity index (χ0n) is 10.4. The maximum atomic E-state index is 11.9. The Morgan fingerprint density at radius 2 is 2.05 bits per heavy atom. The largest absolute Gasteiger partial charge is 0.508 e. The van der Waals surface area contributed by atoms with E-state index in [9.17, 15) is 9.90 Å². The monoisotopic (exact) mass is 276 g/mol. The first-order chi connectivity index (χ1) is 9.06. The summed E-state index contributed by atoms with van der Waals surface area (Å²) >= 11 is 5.75. The van der Waals surface area contributed by atoms with Gasteiger partial charge in [0.15, 0.2) is 0 Å². The number of halogens is 1. The highest BCUT2D eigenvalue weighted by Gasteiger charge is 2.09. The predicted molar refractivity (Wildman–Crippen MR) is 74.4 cm³/mol. The number of carbonyl (C=O) groups is 1. The number of phenols is 1. The number of anilines is 1. The summed E-state index contributed by atoms with van der Waals surface area (Å²) in [5, 5.41) is 12.7. The van der Waals surface area contributed by atoms with Gasteiger partial charge >= 0.3 is 0 Å². The van der Waals surface area contributed by atoms with E-state index in [1.54, 1.807) is 43.3 Å². The van der Waals surface area contributed by atoms with Crippen molar-refractivity contribution in [3.63, 3.8) is 0 Å². The molecule has 1 aromatic carbocycles. The molecule has 0 spiro atoms. The minimum absolute atomic E-state index is 0.106.